The van der Waals surface area contributed by atoms with Crippen molar-refractivity contribution in [2.24, 2.45) is 0 Å². The number of fused-ring (bicyclic) bond motifs is 1. The van der Waals surface area contributed by atoms with E-state index in [-0.39, 0.29) is 0 Å². The van der Waals surface area contributed by atoms with E-state index in [1.807, 2.05) is 12.3 Å². The predicted molar refractivity (Wildman–Crippen MR) is 92.0 cm³/mol. The van der Waals surface area contributed by atoms with E-state index in [0.29, 0.717) is 11.2 Å². The fourth-order valence-electron chi connectivity index (χ4n) is 3.05. The van der Waals surface area contributed by atoms with Crippen LogP contribution in [0.2, 0.25) is 5.15 Å². The van der Waals surface area contributed by atoms with Crippen LogP contribution in [0.1, 0.15) is 12.8 Å². The van der Waals surface area contributed by atoms with Crippen molar-refractivity contribution in [1.29, 1.82) is 0 Å². The average Bonchev–Trinajstić information content (AvgIpc) is 3.03. The molecule has 1 unspecified atom stereocenters. The van der Waals surface area contributed by atoms with Gasteiger partial charge in [0.2, 0.25) is 0 Å². The molecule has 3 aromatic rings. The summed E-state index contributed by atoms with van der Waals surface area (Å²) in [6, 6.07) is 10.4. The predicted octanol–water partition coefficient (Wildman–Crippen LogP) is 3.09. The smallest absolute Gasteiger partial charge is 0.151 e. The second-order valence-corrected chi connectivity index (χ2v) is 6.20. The van der Waals surface area contributed by atoms with Crippen LogP contribution in [-0.4, -0.2) is 39.5 Å². The highest BCUT2D eigenvalue weighted by molar-refractivity contribution is 6.29. The first kappa shape index (κ1) is 14.3. The van der Waals surface area contributed by atoms with Gasteiger partial charge in [-0.15, -0.1) is 10.2 Å². The number of aromatic nitrogens is 4. The molecule has 2 aromatic heterocycles. The zero-order valence-corrected chi connectivity index (χ0v) is 13.3. The zero-order valence-electron chi connectivity index (χ0n) is 12.5. The first-order valence-electron chi connectivity index (χ1n) is 7.72. The van der Waals surface area contributed by atoms with Crippen molar-refractivity contribution in [2.75, 3.05) is 23.3 Å². The molecule has 2 N–H and O–H groups in total. The maximum absolute atomic E-state index is 5.81. The molecule has 23 heavy (non-hydrogen) atoms. The molecule has 118 valence electrons. The third-order valence-electron chi connectivity index (χ3n) is 4.17. The quantitative estimate of drug-likeness (QED) is 0.773. The highest BCUT2D eigenvalue weighted by Crippen LogP contribution is 2.22. The first-order valence-corrected chi connectivity index (χ1v) is 8.09. The largest absolute Gasteiger partial charge is 0.381 e. The van der Waals surface area contributed by atoms with E-state index in [0.717, 1.165) is 48.3 Å². The summed E-state index contributed by atoms with van der Waals surface area (Å²) in [6.45, 7) is 1.90. The minimum absolute atomic E-state index is 0.380. The van der Waals surface area contributed by atoms with E-state index in [4.69, 9.17) is 11.6 Å². The average molecular weight is 329 g/mol. The van der Waals surface area contributed by atoms with Crippen LogP contribution in [0.25, 0.3) is 10.9 Å². The van der Waals surface area contributed by atoms with Crippen LogP contribution >= 0.6 is 11.6 Å². The SMILES string of the molecule is Clc1ccc(N2CCCC(Nc3ccc4[nH]ncc4c3)C2)nn1. The second-order valence-electron chi connectivity index (χ2n) is 5.82. The van der Waals surface area contributed by atoms with Gasteiger partial charge in [-0.25, -0.2) is 0 Å². The van der Waals surface area contributed by atoms with Gasteiger partial charge < -0.3 is 10.2 Å². The number of piperidine rings is 1. The molecule has 1 aromatic carbocycles. The maximum atomic E-state index is 5.81. The van der Waals surface area contributed by atoms with Crippen LogP contribution in [0.5, 0.6) is 0 Å². The fraction of sp³-hybridized carbons (Fsp3) is 0.312. The Hall–Kier alpha value is -2.34. The number of rotatable bonds is 3. The maximum Gasteiger partial charge on any atom is 0.151 e. The lowest BCUT2D eigenvalue weighted by atomic mass is 10.1. The molecule has 3 heterocycles. The summed E-state index contributed by atoms with van der Waals surface area (Å²) in [4.78, 5) is 2.25. The molecule has 1 aliphatic heterocycles. The number of aromatic amines is 1. The van der Waals surface area contributed by atoms with Crippen molar-refractivity contribution in [3.05, 3.63) is 41.7 Å². The number of nitrogens with one attached hydrogen (secondary N) is 2. The molecule has 0 saturated carbocycles. The Balaban J connectivity index is 1.47. The molecule has 1 aliphatic rings. The van der Waals surface area contributed by atoms with Crippen molar-refractivity contribution in [3.8, 4) is 0 Å². The molecule has 7 heteroatoms. The Kier molecular flexibility index (Phi) is 3.75. The summed E-state index contributed by atoms with van der Waals surface area (Å²) in [5.41, 5.74) is 2.17. The topological polar surface area (TPSA) is 69.7 Å². The Bertz CT molecular complexity index is 800. The normalized spacial score (nSPS) is 18.3. The van der Waals surface area contributed by atoms with Crippen LogP contribution in [0.15, 0.2) is 36.5 Å². The van der Waals surface area contributed by atoms with Gasteiger partial charge >= 0.3 is 0 Å². The van der Waals surface area contributed by atoms with Gasteiger partial charge in [-0.05, 0) is 43.2 Å². The number of nitrogens with zero attached hydrogens (tertiary/aromatic N) is 4. The Morgan fingerprint density at radius 1 is 1.22 bits per heavy atom. The lowest BCUT2D eigenvalue weighted by Crippen LogP contribution is -2.42. The lowest BCUT2D eigenvalue weighted by molar-refractivity contribution is 0.525. The Morgan fingerprint density at radius 2 is 2.17 bits per heavy atom. The third kappa shape index (κ3) is 3.07. The van der Waals surface area contributed by atoms with Crippen LogP contribution in [-0.2, 0) is 0 Å². The monoisotopic (exact) mass is 328 g/mol. The summed E-state index contributed by atoms with van der Waals surface area (Å²) in [7, 11) is 0. The standard InChI is InChI=1S/C16H17ClN6/c17-15-5-6-16(22-21-15)23-7-1-2-13(10-23)19-12-3-4-14-11(8-12)9-18-20-14/h3-6,8-9,13,19H,1-2,7,10H2,(H,18,20). The lowest BCUT2D eigenvalue weighted by Gasteiger charge is -2.34. The van der Waals surface area contributed by atoms with E-state index in [2.05, 4.69) is 48.8 Å². The van der Waals surface area contributed by atoms with Crippen molar-refractivity contribution < 1.29 is 0 Å². The minimum atomic E-state index is 0.380. The van der Waals surface area contributed by atoms with Gasteiger partial charge in [0.15, 0.2) is 11.0 Å². The van der Waals surface area contributed by atoms with Crippen molar-refractivity contribution in [3.63, 3.8) is 0 Å². The van der Waals surface area contributed by atoms with Crippen LogP contribution in [0.3, 0.4) is 0 Å². The zero-order chi connectivity index (χ0) is 15.6. The molecule has 0 bridgehead atoms. The molecule has 0 aliphatic carbocycles. The number of halogens is 1. The van der Waals surface area contributed by atoms with Crippen LogP contribution in [0, 0.1) is 0 Å². The highest BCUT2D eigenvalue weighted by Gasteiger charge is 2.21. The van der Waals surface area contributed by atoms with Gasteiger partial charge in [0.05, 0.1) is 11.7 Å². The Morgan fingerprint density at radius 3 is 3.04 bits per heavy atom. The first-order chi connectivity index (χ1) is 11.3. The number of benzene rings is 1. The van der Waals surface area contributed by atoms with Crippen LogP contribution in [0.4, 0.5) is 11.5 Å². The van der Waals surface area contributed by atoms with E-state index < -0.39 is 0 Å². The van der Waals surface area contributed by atoms with Gasteiger partial charge in [-0.1, -0.05) is 11.6 Å². The number of hydrogen-bond acceptors (Lipinski definition) is 5. The number of H-pyrrole nitrogens is 1. The van der Waals surface area contributed by atoms with Crippen molar-refractivity contribution in [1.82, 2.24) is 20.4 Å². The summed E-state index contributed by atoms with van der Waals surface area (Å²) in [5.74, 6) is 0.881. The molecule has 1 fully saturated rings. The number of hydrogen-bond donors (Lipinski definition) is 2. The molecule has 0 amide bonds. The summed E-state index contributed by atoms with van der Waals surface area (Å²) < 4.78 is 0. The Labute approximate surface area is 138 Å². The van der Waals surface area contributed by atoms with Gasteiger partial charge in [0.1, 0.15) is 0 Å². The minimum Gasteiger partial charge on any atom is -0.381 e. The van der Waals surface area contributed by atoms with Gasteiger partial charge in [0.25, 0.3) is 0 Å². The molecule has 1 atom stereocenters. The van der Waals surface area contributed by atoms with E-state index in [1.165, 1.54) is 0 Å². The number of anilines is 2. The van der Waals surface area contributed by atoms with Crippen molar-refractivity contribution >= 4 is 34.0 Å². The molecule has 4 rings (SSSR count). The molecule has 0 radical (unpaired) electrons. The van der Waals surface area contributed by atoms with E-state index in [9.17, 15) is 0 Å². The molecular formula is C16H17ClN6. The molecule has 6 nitrogen and oxygen atoms in total. The highest BCUT2D eigenvalue weighted by atomic mass is 35.5. The van der Waals surface area contributed by atoms with Crippen LogP contribution < -0.4 is 10.2 Å². The van der Waals surface area contributed by atoms with Gasteiger partial charge in [-0.2, -0.15) is 5.10 Å². The van der Waals surface area contributed by atoms with Gasteiger partial charge in [0, 0.05) is 30.2 Å². The molecule has 1 saturated heterocycles. The van der Waals surface area contributed by atoms with E-state index in [1.54, 1.807) is 6.07 Å². The third-order valence-corrected chi connectivity index (χ3v) is 4.38. The second kappa shape index (κ2) is 6.04. The molecular weight excluding hydrogens is 312 g/mol. The summed E-state index contributed by atoms with van der Waals surface area (Å²) >= 11 is 5.81. The summed E-state index contributed by atoms with van der Waals surface area (Å²) in [6.07, 6.45) is 4.11. The van der Waals surface area contributed by atoms with Gasteiger partial charge in [-0.3, -0.25) is 5.10 Å². The van der Waals surface area contributed by atoms with Crippen molar-refractivity contribution in [2.45, 2.75) is 18.9 Å². The fourth-order valence-corrected chi connectivity index (χ4v) is 3.15. The summed E-state index contributed by atoms with van der Waals surface area (Å²) in [5, 5.41) is 20.3. The molecule has 0 spiro atoms. The van der Waals surface area contributed by atoms with E-state index >= 15 is 0 Å².